The van der Waals surface area contributed by atoms with E-state index >= 15 is 0 Å². The van der Waals surface area contributed by atoms with Crippen LogP contribution in [0.1, 0.15) is 35.6 Å². The minimum absolute atomic E-state index is 0.0148. The molecule has 118 valence electrons. The van der Waals surface area contributed by atoms with Crippen LogP contribution < -0.4 is 0 Å². The molecule has 0 bridgehead atoms. The average Bonchev–Trinajstić information content (AvgIpc) is 2.92. The van der Waals surface area contributed by atoms with E-state index in [0.717, 1.165) is 22.4 Å². The third-order valence-electron chi connectivity index (χ3n) is 3.94. The van der Waals surface area contributed by atoms with Crippen LogP contribution in [0.5, 0.6) is 0 Å². The Morgan fingerprint density at radius 3 is 2.57 bits per heavy atom. The third-order valence-corrected chi connectivity index (χ3v) is 3.94. The van der Waals surface area contributed by atoms with Crippen LogP contribution in [0.3, 0.4) is 0 Å². The Balaban J connectivity index is 1.97. The van der Waals surface area contributed by atoms with Gasteiger partial charge in [0, 0.05) is 12.6 Å². The zero-order valence-electron chi connectivity index (χ0n) is 13.7. The lowest BCUT2D eigenvalue weighted by molar-refractivity contribution is 0.0692. The summed E-state index contributed by atoms with van der Waals surface area (Å²) in [5.41, 5.74) is 3.42. The van der Waals surface area contributed by atoms with Crippen LogP contribution in [-0.2, 0) is 6.54 Å². The van der Waals surface area contributed by atoms with Crippen molar-refractivity contribution in [2.24, 2.45) is 0 Å². The molecule has 4 heteroatoms. The van der Waals surface area contributed by atoms with E-state index in [1.165, 1.54) is 0 Å². The molecule has 1 aromatic heterocycles. The molecule has 0 saturated carbocycles. The summed E-state index contributed by atoms with van der Waals surface area (Å²) in [6.45, 7) is 6.57. The van der Waals surface area contributed by atoms with Crippen LogP contribution in [-0.4, -0.2) is 26.8 Å². The summed E-state index contributed by atoms with van der Waals surface area (Å²) in [5, 5.41) is 0. The number of carbonyl (C=O) groups excluding carboxylic acids is 1. The summed E-state index contributed by atoms with van der Waals surface area (Å²) >= 11 is 0. The van der Waals surface area contributed by atoms with E-state index in [9.17, 15) is 4.79 Å². The minimum atomic E-state index is 0.0148. The minimum Gasteiger partial charge on any atom is -0.342 e. The molecular weight excluding hydrogens is 286 g/mol. The number of nitrogens with zero attached hydrogens (tertiary/aromatic N) is 2. The number of hydrogen-bond acceptors (Lipinski definition) is 2. The van der Waals surface area contributed by atoms with Gasteiger partial charge < -0.3 is 9.88 Å². The van der Waals surface area contributed by atoms with Gasteiger partial charge in [-0.25, -0.2) is 4.98 Å². The molecule has 1 N–H and O–H groups in total. The van der Waals surface area contributed by atoms with E-state index in [1.54, 1.807) is 0 Å². The van der Waals surface area contributed by atoms with E-state index in [-0.39, 0.29) is 11.9 Å². The van der Waals surface area contributed by atoms with Gasteiger partial charge in [0.25, 0.3) is 5.91 Å². The second kappa shape index (κ2) is 6.24. The van der Waals surface area contributed by atoms with Gasteiger partial charge in [-0.2, -0.15) is 0 Å². The van der Waals surface area contributed by atoms with Gasteiger partial charge in [-0.3, -0.25) is 4.79 Å². The lowest BCUT2D eigenvalue weighted by atomic mass is 10.1. The molecular formula is C19H21N3O. The summed E-state index contributed by atoms with van der Waals surface area (Å²) in [6.07, 6.45) is 0. The largest absolute Gasteiger partial charge is 0.342 e. The van der Waals surface area contributed by atoms with Crippen LogP contribution in [0.4, 0.5) is 0 Å². The normalized spacial score (nSPS) is 11.1. The van der Waals surface area contributed by atoms with Crippen molar-refractivity contribution in [3.05, 3.63) is 65.5 Å². The number of imidazole rings is 1. The zero-order chi connectivity index (χ0) is 16.4. The Labute approximate surface area is 136 Å². The number of aromatic nitrogens is 2. The van der Waals surface area contributed by atoms with Gasteiger partial charge in [-0.1, -0.05) is 36.4 Å². The maximum atomic E-state index is 13.1. The van der Waals surface area contributed by atoms with Gasteiger partial charge in [0.05, 0.1) is 11.1 Å². The lowest BCUT2D eigenvalue weighted by Gasteiger charge is -2.27. The summed E-state index contributed by atoms with van der Waals surface area (Å²) in [7, 11) is 0. The fraction of sp³-hybridized carbons (Fsp3) is 0.263. The molecule has 23 heavy (non-hydrogen) atoms. The second-order valence-corrected chi connectivity index (χ2v) is 6.04. The highest BCUT2D eigenvalue weighted by Crippen LogP contribution is 2.20. The molecule has 0 aliphatic heterocycles. The van der Waals surface area contributed by atoms with E-state index in [0.29, 0.717) is 12.1 Å². The predicted octanol–water partition coefficient (Wildman–Crippen LogP) is 3.92. The topological polar surface area (TPSA) is 49.0 Å². The van der Waals surface area contributed by atoms with Gasteiger partial charge in [0.1, 0.15) is 11.3 Å². The van der Waals surface area contributed by atoms with E-state index in [4.69, 9.17) is 0 Å². The smallest absolute Gasteiger partial charge is 0.256 e. The molecule has 0 unspecified atom stereocenters. The number of para-hydroxylation sites is 1. The molecule has 0 aliphatic carbocycles. The van der Waals surface area contributed by atoms with E-state index in [1.807, 2.05) is 74.2 Å². The van der Waals surface area contributed by atoms with Crippen molar-refractivity contribution in [2.75, 3.05) is 0 Å². The summed E-state index contributed by atoms with van der Waals surface area (Å²) < 4.78 is 0. The molecule has 0 saturated heterocycles. The van der Waals surface area contributed by atoms with Crippen molar-refractivity contribution < 1.29 is 4.79 Å². The number of amides is 1. The number of benzene rings is 2. The van der Waals surface area contributed by atoms with Crippen molar-refractivity contribution in [1.82, 2.24) is 14.9 Å². The third kappa shape index (κ3) is 3.11. The predicted molar refractivity (Wildman–Crippen MR) is 92.3 cm³/mol. The molecule has 0 atom stereocenters. The summed E-state index contributed by atoms with van der Waals surface area (Å²) in [4.78, 5) is 22.6. The number of aryl methyl sites for hydroxylation is 1. The first-order valence-corrected chi connectivity index (χ1v) is 7.86. The Bertz CT molecular complexity index is 821. The van der Waals surface area contributed by atoms with Gasteiger partial charge >= 0.3 is 0 Å². The average molecular weight is 307 g/mol. The van der Waals surface area contributed by atoms with Crippen molar-refractivity contribution in [3.8, 4) is 0 Å². The highest BCUT2D eigenvalue weighted by atomic mass is 16.2. The van der Waals surface area contributed by atoms with E-state index < -0.39 is 0 Å². The molecule has 3 rings (SSSR count). The van der Waals surface area contributed by atoms with Crippen LogP contribution in [0.25, 0.3) is 11.0 Å². The van der Waals surface area contributed by atoms with Gasteiger partial charge in [-0.15, -0.1) is 0 Å². The maximum absolute atomic E-state index is 13.1. The van der Waals surface area contributed by atoms with Crippen LogP contribution >= 0.6 is 0 Å². The fourth-order valence-electron chi connectivity index (χ4n) is 2.75. The Kier molecular flexibility index (Phi) is 4.15. The first kappa shape index (κ1) is 15.3. The quantitative estimate of drug-likeness (QED) is 0.794. The summed E-state index contributed by atoms with van der Waals surface area (Å²) in [6, 6.07) is 15.9. The number of carbonyl (C=O) groups is 1. The Hall–Kier alpha value is -2.62. The number of nitrogens with one attached hydrogen (secondary N) is 1. The highest BCUT2D eigenvalue weighted by molar-refractivity contribution is 6.05. The number of H-pyrrole nitrogens is 1. The molecule has 2 aromatic carbocycles. The molecule has 0 aliphatic rings. The van der Waals surface area contributed by atoms with Gasteiger partial charge in [0.15, 0.2) is 0 Å². The first-order valence-electron chi connectivity index (χ1n) is 7.86. The Morgan fingerprint density at radius 2 is 1.87 bits per heavy atom. The number of fused-ring (bicyclic) bond motifs is 1. The number of rotatable bonds is 4. The van der Waals surface area contributed by atoms with E-state index in [2.05, 4.69) is 9.97 Å². The van der Waals surface area contributed by atoms with Crippen molar-refractivity contribution in [2.45, 2.75) is 33.4 Å². The molecule has 0 spiro atoms. The number of hydrogen-bond donors (Lipinski definition) is 1. The highest BCUT2D eigenvalue weighted by Gasteiger charge is 2.22. The molecule has 1 amide bonds. The standard InChI is InChI=1S/C19H21N3O/c1-13(2)22(12-15-8-5-4-6-9-15)19(23)16-10-7-11-17-18(16)21-14(3)20-17/h4-11,13H,12H2,1-3H3,(H,20,21). The zero-order valence-corrected chi connectivity index (χ0v) is 13.7. The molecule has 4 nitrogen and oxygen atoms in total. The molecule has 3 aromatic rings. The summed E-state index contributed by atoms with van der Waals surface area (Å²) in [5.74, 6) is 0.834. The van der Waals surface area contributed by atoms with Crippen LogP contribution in [0.2, 0.25) is 0 Å². The van der Waals surface area contributed by atoms with Crippen molar-refractivity contribution >= 4 is 16.9 Å². The Morgan fingerprint density at radius 1 is 1.13 bits per heavy atom. The fourth-order valence-corrected chi connectivity index (χ4v) is 2.75. The van der Waals surface area contributed by atoms with Crippen LogP contribution in [0.15, 0.2) is 48.5 Å². The second-order valence-electron chi connectivity index (χ2n) is 6.04. The maximum Gasteiger partial charge on any atom is 0.256 e. The van der Waals surface area contributed by atoms with Crippen molar-refractivity contribution in [1.29, 1.82) is 0 Å². The van der Waals surface area contributed by atoms with Gasteiger partial charge in [-0.05, 0) is 38.5 Å². The molecule has 0 radical (unpaired) electrons. The van der Waals surface area contributed by atoms with Crippen LogP contribution in [0, 0.1) is 6.92 Å². The number of aromatic amines is 1. The molecule has 1 heterocycles. The van der Waals surface area contributed by atoms with Gasteiger partial charge in [0.2, 0.25) is 0 Å². The van der Waals surface area contributed by atoms with Crippen molar-refractivity contribution in [3.63, 3.8) is 0 Å². The lowest BCUT2D eigenvalue weighted by Crippen LogP contribution is -2.36. The monoisotopic (exact) mass is 307 g/mol. The first-order chi connectivity index (χ1) is 11.1. The SMILES string of the molecule is Cc1nc2c(C(=O)N(Cc3ccccc3)C(C)C)cccc2[nH]1. The molecule has 0 fully saturated rings.